The number of fused-ring (bicyclic) bond motifs is 1. The topological polar surface area (TPSA) is 31.7 Å². The monoisotopic (exact) mass is 412 g/mol. The molecule has 146 valence electrons. The van der Waals surface area contributed by atoms with E-state index in [1.807, 2.05) is 30.1 Å². The molecule has 0 saturated carbocycles. The Morgan fingerprint density at radius 1 is 1.14 bits per heavy atom. The summed E-state index contributed by atoms with van der Waals surface area (Å²) in [5.74, 6) is 0. The minimum absolute atomic E-state index is 0.00858. The SMILES string of the molecule is Cc1c(N2CCCC2)ccc([C@@H]2[C@@H](c3ccccn3)N=C3S[C@H](C)CN32)c1Cl. The summed E-state index contributed by atoms with van der Waals surface area (Å²) < 4.78 is 0. The van der Waals surface area contributed by atoms with E-state index in [1.165, 1.54) is 29.7 Å². The maximum absolute atomic E-state index is 7.00. The first-order chi connectivity index (χ1) is 13.6. The predicted octanol–water partition coefficient (Wildman–Crippen LogP) is 5.23. The molecule has 3 aliphatic heterocycles. The Labute approximate surface area is 176 Å². The summed E-state index contributed by atoms with van der Waals surface area (Å²) >= 11 is 8.87. The van der Waals surface area contributed by atoms with Gasteiger partial charge in [0.15, 0.2) is 5.17 Å². The Kier molecular flexibility index (Phi) is 4.76. The Hall–Kier alpha value is -1.72. The van der Waals surface area contributed by atoms with Crippen LogP contribution in [0, 0.1) is 6.92 Å². The number of hydrogen-bond acceptors (Lipinski definition) is 5. The Balaban J connectivity index is 1.57. The minimum atomic E-state index is -0.00858. The quantitative estimate of drug-likeness (QED) is 0.690. The van der Waals surface area contributed by atoms with E-state index in [0.717, 1.165) is 35.5 Å². The Bertz CT molecular complexity index is 910. The smallest absolute Gasteiger partial charge is 0.160 e. The Morgan fingerprint density at radius 3 is 2.71 bits per heavy atom. The lowest BCUT2D eigenvalue weighted by atomic mass is 9.94. The number of aliphatic imine (C=N–C) groups is 1. The van der Waals surface area contributed by atoms with E-state index in [9.17, 15) is 0 Å². The van der Waals surface area contributed by atoms with Crippen LogP contribution in [0.5, 0.6) is 0 Å². The van der Waals surface area contributed by atoms with Crippen molar-refractivity contribution in [3.63, 3.8) is 0 Å². The van der Waals surface area contributed by atoms with Gasteiger partial charge in [0.25, 0.3) is 0 Å². The van der Waals surface area contributed by atoms with Gasteiger partial charge in [-0.1, -0.05) is 42.4 Å². The minimum Gasteiger partial charge on any atom is -0.371 e. The van der Waals surface area contributed by atoms with Gasteiger partial charge in [0.05, 0.1) is 16.8 Å². The molecule has 0 aliphatic carbocycles. The number of nitrogens with zero attached hydrogens (tertiary/aromatic N) is 4. The molecule has 4 nitrogen and oxygen atoms in total. The van der Waals surface area contributed by atoms with Crippen LogP contribution in [-0.4, -0.2) is 39.9 Å². The number of amidine groups is 1. The number of rotatable bonds is 3. The molecule has 0 N–H and O–H groups in total. The van der Waals surface area contributed by atoms with E-state index >= 15 is 0 Å². The van der Waals surface area contributed by atoms with Crippen LogP contribution >= 0.6 is 23.4 Å². The van der Waals surface area contributed by atoms with Crippen molar-refractivity contribution in [2.24, 2.45) is 4.99 Å². The second-order valence-corrected chi connectivity index (χ2v) is 9.73. The van der Waals surface area contributed by atoms with Gasteiger partial charge in [-0.3, -0.25) is 9.98 Å². The van der Waals surface area contributed by atoms with Crippen LogP contribution in [0.15, 0.2) is 41.5 Å². The fourth-order valence-corrected chi connectivity index (χ4v) is 6.04. The third-order valence-electron chi connectivity index (χ3n) is 6.03. The van der Waals surface area contributed by atoms with Crippen molar-refractivity contribution in [1.29, 1.82) is 0 Å². The van der Waals surface area contributed by atoms with Crippen LogP contribution in [-0.2, 0) is 0 Å². The average Bonchev–Trinajstić information content (AvgIpc) is 3.41. The summed E-state index contributed by atoms with van der Waals surface area (Å²) in [5, 5.41) is 2.57. The molecule has 1 aromatic carbocycles. The molecular weight excluding hydrogens is 388 g/mol. The van der Waals surface area contributed by atoms with E-state index in [2.05, 4.69) is 46.8 Å². The molecule has 0 spiro atoms. The van der Waals surface area contributed by atoms with Crippen LogP contribution in [0.3, 0.4) is 0 Å². The highest BCUT2D eigenvalue weighted by molar-refractivity contribution is 8.14. The van der Waals surface area contributed by atoms with E-state index in [1.54, 1.807) is 0 Å². The Morgan fingerprint density at radius 2 is 1.96 bits per heavy atom. The summed E-state index contributed by atoms with van der Waals surface area (Å²) in [4.78, 5) is 14.6. The van der Waals surface area contributed by atoms with Crippen molar-refractivity contribution >= 4 is 34.2 Å². The van der Waals surface area contributed by atoms with Gasteiger partial charge in [-0.25, -0.2) is 0 Å². The van der Waals surface area contributed by atoms with Crippen LogP contribution in [0.1, 0.15) is 48.7 Å². The highest BCUT2D eigenvalue weighted by atomic mass is 35.5. The van der Waals surface area contributed by atoms with Gasteiger partial charge in [-0.2, -0.15) is 0 Å². The number of aromatic nitrogens is 1. The summed E-state index contributed by atoms with van der Waals surface area (Å²) in [6.07, 6.45) is 4.39. The number of benzene rings is 1. The van der Waals surface area contributed by atoms with Gasteiger partial charge < -0.3 is 9.80 Å². The summed E-state index contributed by atoms with van der Waals surface area (Å²) in [6, 6.07) is 10.7. The molecule has 2 fully saturated rings. The molecular formula is C22H25ClN4S. The molecule has 3 atom stereocenters. The van der Waals surface area contributed by atoms with E-state index < -0.39 is 0 Å². The molecule has 6 heteroatoms. The number of anilines is 1. The number of hydrogen-bond donors (Lipinski definition) is 0. The van der Waals surface area contributed by atoms with E-state index in [0.29, 0.717) is 5.25 Å². The largest absolute Gasteiger partial charge is 0.371 e. The van der Waals surface area contributed by atoms with E-state index in [-0.39, 0.29) is 12.1 Å². The average molecular weight is 413 g/mol. The lowest BCUT2D eigenvalue weighted by Crippen LogP contribution is -2.29. The van der Waals surface area contributed by atoms with Crippen molar-refractivity contribution in [3.05, 3.63) is 58.4 Å². The standard InChI is InChI=1S/C22H25ClN4S/c1-14-13-27-21(20(25-22(27)28-14)17-7-3-4-10-24-17)16-8-9-18(15(2)19(16)23)26-11-5-6-12-26/h3-4,7-10,14,20-21H,5-6,11-13H2,1-2H3/t14-,20-,21-/m1/s1. The van der Waals surface area contributed by atoms with Crippen molar-refractivity contribution in [2.45, 2.75) is 44.0 Å². The van der Waals surface area contributed by atoms with Gasteiger partial charge in [-0.15, -0.1) is 0 Å². The molecule has 4 heterocycles. The molecule has 5 rings (SSSR count). The molecule has 28 heavy (non-hydrogen) atoms. The molecule has 1 aromatic heterocycles. The predicted molar refractivity (Wildman–Crippen MR) is 119 cm³/mol. The first-order valence-electron chi connectivity index (χ1n) is 10.1. The maximum Gasteiger partial charge on any atom is 0.160 e. The molecule has 3 aliphatic rings. The molecule has 2 saturated heterocycles. The molecule has 2 aromatic rings. The van der Waals surface area contributed by atoms with Crippen LogP contribution in [0.25, 0.3) is 0 Å². The number of pyridine rings is 1. The third-order valence-corrected chi connectivity index (χ3v) is 7.64. The second kappa shape index (κ2) is 7.27. The van der Waals surface area contributed by atoms with Gasteiger partial charge in [-0.05, 0) is 49.1 Å². The normalized spacial score (nSPS) is 26.7. The van der Waals surface area contributed by atoms with Crippen molar-refractivity contribution in [3.8, 4) is 0 Å². The van der Waals surface area contributed by atoms with Crippen molar-refractivity contribution < 1.29 is 0 Å². The molecule has 0 amide bonds. The summed E-state index contributed by atoms with van der Waals surface area (Å²) in [6.45, 7) is 7.68. The van der Waals surface area contributed by atoms with Crippen LogP contribution in [0.4, 0.5) is 5.69 Å². The number of thioether (sulfide) groups is 1. The maximum atomic E-state index is 7.00. The summed E-state index contributed by atoms with van der Waals surface area (Å²) in [7, 11) is 0. The first-order valence-corrected chi connectivity index (χ1v) is 11.3. The van der Waals surface area contributed by atoms with Gasteiger partial charge in [0.2, 0.25) is 0 Å². The zero-order valence-electron chi connectivity index (χ0n) is 16.3. The van der Waals surface area contributed by atoms with E-state index in [4.69, 9.17) is 16.6 Å². The molecule has 0 radical (unpaired) electrons. The fourth-order valence-electron chi connectivity index (χ4n) is 4.68. The fraction of sp³-hybridized carbons (Fsp3) is 0.455. The van der Waals surface area contributed by atoms with Gasteiger partial charge in [0, 0.05) is 36.8 Å². The molecule has 0 bridgehead atoms. The zero-order chi connectivity index (χ0) is 19.3. The lowest BCUT2D eigenvalue weighted by molar-refractivity contribution is 0.321. The summed E-state index contributed by atoms with van der Waals surface area (Å²) in [5.41, 5.74) is 4.66. The molecule has 0 unspecified atom stereocenters. The highest BCUT2D eigenvalue weighted by Gasteiger charge is 2.44. The van der Waals surface area contributed by atoms with Crippen LogP contribution in [0.2, 0.25) is 5.02 Å². The van der Waals surface area contributed by atoms with Crippen LogP contribution < -0.4 is 4.90 Å². The zero-order valence-corrected chi connectivity index (χ0v) is 17.9. The van der Waals surface area contributed by atoms with Crippen molar-refractivity contribution in [1.82, 2.24) is 9.88 Å². The lowest BCUT2D eigenvalue weighted by Gasteiger charge is -2.30. The number of halogens is 1. The third kappa shape index (κ3) is 3.00. The van der Waals surface area contributed by atoms with Crippen molar-refractivity contribution in [2.75, 3.05) is 24.5 Å². The highest BCUT2D eigenvalue weighted by Crippen LogP contribution is 2.50. The van der Waals surface area contributed by atoms with Gasteiger partial charge in [0.1, 0.15) is 6.04 Å². The second-order valence-electron chi connectivity index (χ2n) is 7.94. The van der Waals surface area contributed by atoms with Gasteiger partial charge >= 0.3 is 0 Å². The first kappa shape index (κ1) is 18.3.